The van der Waals surface area contributed by atoms with Crippen LogP contribution in [0, 0.1) is 0 Å². The van der Waals surface area contributed by atoms with Crippen LogP contribution in [-0.4, -0.2) is 22.2 Å². The van der Waals surface area contributed by atoms with E-state index < -0.39 is 17.3 Å². The van der Waals surface area contributed by atoms with Gasteiger partial charge < -0.3 is 10.4 Å². The second-order valence-electron chi connectivity index (χ2n) is 4.24. The van der Waals surface area contributed by atoms with Gasteiger partial charge in [-0.3, -0.25) is 0 Å². The largest absolute Gasteiger partial charge is 0.419 e. The third-order valence-corrected chi connectivity index (χ3v) is 3.14. The zero-order valence-corrected chi connectivity index (χ0v) is 11.6. The zero-order chi connectivity index (χ0) is 14.0. The van der Waals surface area contributed by atoms with Gasteiger partial charge in [0.2, 0.25) is 0 Å². The quantitative estimate of drug-likeness (QED) is 0.890. The molecule has 2 N–H and O–H groups in total. The number of halogens is 4. The van der Waals surface area contributed by atoms with E-state index in [0.29, 0.717) is 6.42 Å². The molecular formula is C11H14BrF3N2O. The smallest absolute Gasteiger partial charge is 0.394 e. The van der Waals surface area contributed by atoms with Gasteiger partial charge in [-0.1, -0.05) is 6.92 Å². The molecule has 0 saturated carbocycles. The molecule has 1 unspecified atom stereocenters. The second kappa shape index (κ2) is 5.44. The SMILES string of the molecule is CCC(C)(CO)Nc1ncc(Br)cc1C(F)(F)F. The monoisotopic (exact) mass is 326 g/mol. The predicted octanol–water partition coefficient (Wildman–Crippen LogP) is 3.44. The summed E-state index contributed by atoms with van der Waals surface area (Å²) in [7, 11) is 0. The standard InChI is InChI=1S/C11H14BrF3N2O/c1-3-10(2,6-18)17-9-8(11(13,14)15)4-7(12)5-16-9/h4-5,18H,3,6H2,1-2H3,(H,16,17). The molecule has 1 atom stereocenters. The zero-order valence-electron chi connectivity index (χ0n) is 9.98. The van der Waals surface area contributed by atoms with E-state index in [2.05, 4.69) is 26.2 Å². The molecule has 0 spiro atoms. The van der Waals surface area contributed by atoms with E-state index in [0.717, 1.165) is 6.07 Å². The average Bonchev–Trinajstić information content (AvgIpc) is 2.30. The lowest BCUT2D eigenvalue weighted by molar-refractivity contribution is -0.137. The summed E-state index contributed by atoms with van der Waals surface area (Å²) in [6.07, 6.45) is -2.74. The molecule has 0 saturated heterocycles. The lowest BCUT2D eigenvalue weighted by atomic mass is 10.00. The van der Waals surface area contributed by atoms with Crippen LogP contribution in [0.5, 0.6) is 0 Å². The number of aliphatic hydroxyl groups is 1. The normalized spacial score (nSPS) is 15.3. The van der Waals surface area contributed by atoms with Crippen molar-refractivity contribution in [2.24, 2.45) is 0 Å². The first kappa shape index (κ1) is 15.2. The Morgan fingerprint density at radius 3 is 2.50 bits per heavy atom. The van der Waals surface area contributed by atoms with Crippen LogP contribution in [0.15, 0.2) is 16.7 Å². The van der Waals surface area contributed by atoms with Crippen molar-refractivity contribution in [3.8, 4) is 0 Å². The van der Waals surface area contributed by atoms with E-state index in [1.165, 1.54) is 6.20 Å². The first-order chi connectivity index (χ1) is 8.22. The lowest BCUT2D eigenvalue weighted by Crippen LogP contribution is -2.39. The van der Waals surface area contributed by atoms with Crippen molar-refractivity contribution in [3.63, 3.8) is 0 Å². The third kappa shape index (κ3) is 3.58. The van der Waals surface area contributed by atoms with Gasteiger partial charge in [-0.2, -0.15) is 13.2 Å². The molecule has 7 heteroatoms. The summed E-state index contributed by atoms with van der Waals surface area (Å²) < 4.78 is 38.8. The van der Waals surface area contributed by atoms with E-state index in [9.17, 15) is 18.3 Å². The second-order valence-corrected chi connectivity index (χ2v) is 5.16. The number of hydrogen-bond acceptors (Lipinski definition) is 3. The summed E-state index contributed by atoms with van der Waals surface area (Å²) in [6, 6.07) is 0.961. The minimum Gasteiger partial charge on any atom is -0.394 e. The fourth-order valence-electron chi connectivity index (χ4n) is 1.28. The van der Waals surface area contributed by atoms with Gasteiger partial charge in [-0.05, 0) is 35.3 Å². The van der Waals surface area contributed by atoms with Gasteiger partial charge in [0, 0.05) is 10.7 Å². The van der Waals surface area contributed by atoms with E-state index in [1.54, 1.807) is 13.8 Å². The molecule has 3 nitrogen and oxygen atoms in total. The van der Waals surface area contributed by atoms with Crippen molar-refractivity contribution in [2.75, 3.05) is 11.9 Å². The van der Waals surface area contributed by atoms with Crippen molar-refractivity contribution >= 4 is 21.7 Å². The Labute approximate surface area is 112 Å². The highest BCUT2D eigenvalue weighted by Crippen LogP contribution is 2.36. The van der Waals surface area contributed by atoms with Crippen LogP contribution in [0.2, 0.25) is 0 Å². The molecule has 0 aromatic carbocycles. The molecule has 18 heavy (non-hydrogen) atoms. The third-order valence-electron chi connectivity index (χ3n) is 2.71. The highest BCUT2D eigenvalue weighted by Gasteiger charge is 2.36. The first-order valence-electron chi connectivity index (χ1n) is 5.33. The fourth-order valence-corrected chi connectivity index (χ4v) is 1.61. The van der Waals surface area contributed by atoms with E-state index >= 15 is 0 Å². The molecule has 0 bridgehead atoms. The molecule has 0 fully saturated rings. The predicted molar refractivity (Wildman–Crippen MR) is 66.3 cm³/mol. The molecule has 0 aliphatic carbocycles. The summed E-state index contributed by atoms with van der Waals surface area (Å²) in [5.74, 6) is -0.274. The van der Waals surface area contributed by atoms with Crippen molar-refractivity contribution in [1.29, 1.82) is 0 Å². The number of alkyl halides is 3. The summed E-state index contributed by atoms with van der Waals surface area (Å²) in [6.45, 7) is 3.13. The Morgan fingerprint density at radius 2 is 2.06 bits per heavy atom. The number of nitrogens with zero attached hydrogens (tertiary/aromatic N) is 1. The summed E-state index contributed by atoms with van der Waals surface area (Å²) in [4.78, 5) is 3.74. The minimum absolute atomic E-state index is 0.252. The lowest BCUT2D eigenvalue weighted by Gasteiger charge is -2.29. The van der Waals surface area contributed by atoms with Gasteiger partial charge in [-0.15, -0.1) is 0 Å². The summed E-state index contributed by atoms with van der Waals surface area (Å²) in [5, 5.41) is 11.9. The van der Waals surface area contributed by atoms with Gasteiger partial charge in [-0.25, -0.2) is 4.98 Å². The van der Waals surface area contributed by atoms with Crippen LogP contribution >= 0.6 is 15.9 Å². The Balaban J connectivity index is 3.17. The number of rotatable bonds is 4. The van der Waals surface area contributed by atoms with Crippen molar-refractivity contribution in [2.45, 2.75) is 32.0 Å². The van der Waals surface area contributed by atoms with Crippen molar-refractivity contribution < 1.29 is 18.3 Å². The van der Waals surface area contributed by atoms with Crippen LogP contribution in [0.1, 0.15) is 25.8 Å². The van der Waals surface area contributed by atoms with Crippen LogP contribution in [0.4, 0.5) is 19.0 Å². The molecule has 0 aliphatic rings. The van der Waals surface area contributed by atoms with Gasteiger partial charge in [0.15, 0.2) is 0 Å². The van der Waals surface area contributed by atoms with E-state index in [-0.39, 0.29) is 16.9 Å². The molecule has 0 aliphatic heterocycles. The van der Waals surface area contributed by atoms with E-state index in [1.807, 2.05) is 0 Å². The Kier molecular flexibility index (Phi) is 4.61. The van der Waals surface area contributed by atoms with Gasteiger partial charge in [0.1, 0.15) is 5.82 Å². The van der Waals surface area contributed by atoms with Gasteiger partial charge >= 0.3 is 6.18 Å². The molecule has 1 aromatic rings. The first-order valence-corrected chi connectivity index (χ1v) is 6.13. The van der Waals surface area contributed by atoms with Gasteiger partial charge in [0.25, 0.3) is 0 Å². The molecule has 1 rings (SSSR count). The molecule has 1 aromatic heterocycles. The molecule has 0 amide bonds. The van der Waals surface area contributed by atoms with Crippen LogP contribution in [0.3, 0.4) is 0 Å². The number of pyridine rings is 1. The highest BCUT2D eigenvalue weighted by atomic mass is 79.9. The molecule has 1 heterocycles. The van der Waals surface area contributed by atoms with Gasteiger partial charge in [0.05, 0.1) is 17.7 Å². The Hall–Kier alpha value is -0.820. The van der Waals surface area contributed by atoms with Crippen molar-refractivity contribution in [1.82, 2.24) is 4.98 Å². The highest BCUT2D eigenvalue weighted by molar-refractivity contribution is 9.10. The number of nitrogens with one attached hydrogen (secondary N) is 1. The number of aliphatic hydroxyl groups excluding tert-OH is 1. The number of anilines is 1. The van der Waals surface area contributed by atoms with Crippen LogP contribution in [-0.2, 0) is 6.18 Å². The summed E-state index contributed by atoms with van der Waals surface area (Å²) >= 11 is 2.96. The Morgan fingerprint density at radius 1 is 1.44 bits per heavy atom. The average molecular weight is 327 g/mol. The van der Waals surface area contributed by atoms with Crippen LogP contribution < -0.4 is 5.32 Å². The molecular weight excluding hydrogens is 313 g/mol. The number of aromatic nitrogens is 1. The topological polar surface area (TPSA) is 45.1 Å². The minimum atomic E-state index is -4.50. The molecule has 102 valence electrons. The maximum Gasteiger partial charge on any atom is 0.419 e. The Bertz CT molecular complexity index is 419. The van der Waals surface area contributed by atoms with E-state index in [4.69, 9.17) is 0 Å². The fraction of sp³-hybridized carbons (Fsp3) is 0.545. The summed E-state index contributed by atoms with van der Waals surface area (Å²) in [5.41, 5.74) is -1.69. The maximum absolute atomic E-state index is 12.8. The number of hydrogen-bond donors (Lipinski definition) is 2. The van der Waals surface area contributed by atoms with Crippen LogP contribution in [0.25, 0.3) is 0 Å². The maximum atomic E-state index is 12.8. The molecule has 0 radical (unpaired) electrons. The van der Waals surface area contributed by atoms with Crippen molar-refractivity contribution in [3.05, 3.63) is 22.3 Å².